The second kappa shape index (κ2) is 7.49. The van der Waals surface area contributed by atoms with E-state index in [9.17, 15) is 22.4 Å². The Labute approximate surface area is 147 Å². The van der Waals surface area contributed by atoms with Gasteiger partial charge in [-0.05, 0) is 45.9 Å². The lowest BCUT2D eigenvalue weighted by Gasteiger charge is -2.23. The summed E-state index contributed by atoms with van der Waals surface area (Å²) in [6.45, 7) is 6.62. The summed E-state index contributed by atoms with van der Waals surface area (Å²) in [5.74, 6) is -2.60. The van der Waals surface area contributed by atoms with Gasteiger partial charge < -0.3 is 10.1 Å². The number of rotatable bonds is 5. The number of ether oxygens (including phenoxy) is 1. The number of halogens is 1. The number of amides is 1. The van der Waals surface area contributed by atoms with Crippen molar-refractivity contribution in [1.29, 1.82) is 0 Å². The van der Waals surface area contributed by atoms with Gasteiger partial charge in [-0.3, -0.25) is 4.79 Å². The molecule has 0 saturated heterocycles. The maximum atomic E-state index is 13.9. The van der Waals surface area contributed by atoms with Crippen LogP contribution in [0.1, 0.15) is 38.1 Å². The van der Waals surface area contributed by atoms with Crippen molar-refractivity contribution >= 4 is 21.9 Å². The van der Waals surface area contributed by atoms with E-state index in [0.29, 0.717) is 0 Å². The summed E-state index contributed by atoms with van der Waals surface area (Å²) in [6.07, 6.45) is -1.17. The van der Waals surface area contributed by atoms with Gasteiger partial charge in [0.15, 0.2) is 6.10 Å². The first kappa shape index (κ1) is 21.0. The van der Waals surface area contributed by atoms with Gasteiger partial charge >= 0.3 is 5.97 Å². The second-order valence-electron chi connectivity index (χ2n) is 6.72. The third-order valence-electron chi connectivity index (χ3n) is 3.09. The Morgan fingerprint density at radius 3 is 2.28 bits per heavy atom. The molecule has 25 heavy (non-hydrogen) atoms. The highest BCUT2D eigenvalue weighted by Crippen LogP contribution is 2.19. The van der Waals surface area contributed by atoms with Crippen LogP contribution in [0.3, 0.4) is 0 Å². The third kappa shape index (κ3) is 5.50. The van der Waals surface area contributed by atoms with Gasteiger partial charge in [-0.2, -0.15) is 0 Å². The average molecular weight is 374 g/mol. The van der Waals surface area contributed by atoms with Crippen LogP contribution < -0.4 is 5.32 Å². The van der Waals surface area contributed by atoms with E-state index in [-0.39, 0.29) is 4.90 Å². The standard InChI is InChI=1S/C16H23FN2O5S/c1-10(14(20)18-16(2,3)4)24-15(21)12-9-11(7-8-13(12)17)25(22,23)19(5)6/h7-10H,1-6H3,(H,18,20)/t10-/m1/s1. The van der Waals surface area contributed by atoms with Crippen LogP contribution in [0.25, 0.3) is 0 Å². The SMILES string of the molecule is C[C@@H](OC(=O)c1cc(S(=O)(=O)N(C)C)ccc1F)C(=O)NC(C)(C)C. The number of carbonyl (C=O) groups is 2. The van der Waals surface area contributed by atoms with Gasteiger partial charge in [-0.1, -0.05) is 0 Å². The number of hydrogen-bond donors (Lipinski definition) is 1. The molecule has 9 heteroatoms. The fourth-order valence-corrected chi connectivity index (χ4v) is 2.71. The van der Waals surface area contributed by atoms with Crippen molar-refractivity contribution in [2.45, 2.75) is 44.2 Å². The molecule has 1 amide bonds. The van der Waals surface area contributed by atoms with Crippen molar-refractivity contribution in [2.24, 2.45) is 0 Å². The van der Waals surface area contributed by atoms with Crippen LogP contribution in [0.5, 0.6) is 0 Å². The molecule has 0 radical (unpaired) electrons. The molecule has 0 heterocycles. The van der Waals surface area contributed by atoms with Gasteiger partial charge in [-0.15, -0.1) is 0 Å². The molecule has 0 spiro atoms. The van der Waals surface area contributed by atoms with Crippen LogP contribution in [-0.2, 0) is 19.6 Å². The van der Waals surface area contributed by atoms with Gasteiger partial charge in [0.25, 0.3) is 5.91 Å². The largest absolute Gasteiger partial charge is 0.449 e. The van der Waals surface area contributed by atoms with Gasteiger partial charge in [0.2, 0.25) is 10.0 Å². The quantitative estimate of drug-likeness (QED) is 0.789. The van der Waals surface area contributed by atoms with E-state index in [1.165, 1.54) is 21.0 Å². The summed E-state index contributed by atoms with van der Waals surface area (Å²) in [4.78, 5) is 23.8. The molecule has 0 aliphatic rings. The summed E-state index contributed by atoms with van der Waals surface area (Å²) in [5.41, 5.74) is -1.08. The van der Waals surface area contributed by atoms with Crippen molar-refractivity contribution in [3.8, 4) is 0 Å². The predicted molar refractivity (Wildman–Crippen MR) is 90.0 cm³/mol. The molecular formula is C16H23FN2O5S. The molecule has 0 saturated carbocycles. The molecule has 1 aromatic rings. The number of carbonyl (C=O) groups excluding carboxylic acids is 2. The molecule has 1 rings (SSSR count). The highest BCUT2D eigenvalue weighted by atomic mass is 32.2. The fourth-order valence-electron chi connectivity index (χ4n) is 1.78. The molecule has 0 aromatic heterocycles. The molecule has 1 N–H and O–H groups in total. The van der Waals surface area contributed by atoms with E-state index in [1.54, 1.807) is 20.8 Å². The van der Waals surface area contributed by atoms with Crippen molar-refractivity contribution in [2.75, 3.05) is 14.1 Å². The first-order valence-corrected chi connectivity index (χ1v) is 8.95. The summed E-state index contributed by atoms with van der Waals surface area (Å²) in [5, 5.41) is 2.63. The third-order valence-corrected chi connectivity index (χ3v) is 4.90. The highest BCUT2D eigenvalue weighted by molar-refractivity contribution is 7.89. The van der Waals surface area contributed by atoms with E-state index in [1.807, 2.05) is 0 Å². The minimum absolute atomic E-state index is 0.252. The number of hydrogen-bond acceptors (Lipinski definition) is 5. The Morgan fingerprint density at radius 2 is 1.80 bits per heavy atom. The van der Waals surface area contributed by atoms with Gasteiger partial charge in [0.05, 0.1) is 10.5 Å². The first-order chi connectivity index (χ1) is 11.3. The normalized spacial score (nSPS) is 13.4. The molecule has 0 aliphatic heterocycles. The fraction of sp³-hybridized carbons (Fsp3) is 0.500. The number of sulfonamides is 1. The van der Waals surface area contributed by atoms with E-state index in [4.69, 9.17) is 4.74 Å². The first-order valence-electron chi connectivity index (χ1n) is 7.51. The molecule has 0 bridgehead atoms. The molecule has 0 unspecified atom stereocenters. The molecule has 7 nitrogen and oxygen atoms in total. The summed E-state index contributed by atoms with van der Waals surface area (Å²) >= 11 is 0. The Bertz CT molecular complexity index is 769. The lowest BCUT2D eigenvalue weighted by Crippen LogP contribution is -2.46. The van der Waals surface area contributed by atoms with E-state index >= 15 is 0 Å². The minimum atomic E-state index is -3.84. The van der Waals surface area contributed by atoms with Crippen LogP contribution in [0.4, 0.5) is 4.39 Å². The number of benzene rings is 1. The van der Waals surface area contributed by atoms with Crippen LogP contribution in [-0.4, -0.2) is 50.3 Å². The van der Waals surface area contributed by atoms with Crippen molar-refractivity contribution in [1.82, 2.24) is 9.62 Å². The monoisotopic (exact) mass is 374 g/mol. The Kier molecular flexibility index (Phi) is 6.30. The summed E-state index contributed by atoms with van der Waals surface area (Å²) in [7, 11) is -1.21. The Balaban J connectivity index is 3.05. The molecular weight excluding hydrogens is 351 g/mol. The molecule has 0 fully saturated rings. The van der Waals surface area contributed by atoms with Crippen molar-refractivity contribution in [3.63, 3.8) is 0 Å². The van der Waals surface area contributed by atoms with Gasteiger partial charge in [0.1, 0.15) is 5.82 Å². The summed E-state index contributed by atoms with van der Waals surface area (Å²) in [6, 6.07) is 2.81. The Hall–Kier alpha value is -2.00. The average Bonchev–Trinajstić information content (AvgIpc) is 2.45. The highest BCUT2D eigenvalue weighted by Gasteiger charge is 2.26. The topological polar surface area (TPSA) is 92.8 Å². The van der Waals surface area contributed by atoms with Crippen molar-refractivity contribution in [3.05, 3.63) is 29.6 Å². The smallest absolute Gasteiger partial charge is 0.341 e. The predicted octanol–water partition coefficient (Wildman–Crippen LogP) is 1.54. The van der Waals surface area contributed by atoms with E-state index in [0.717, 1.165) is 22.5 Å². The van der Waals surface area contributed by atoms with Gasteiger partial charge in [0, 0.05) is 19.6 Å². The van der Waals surface area contributed by atoms with Crippen LogP contribution >= 0.6 is 0 Å². The summed E-state index contributed by atoms with van der Waals surface area (Å²) < 4.78 is 44.0. The molecule has 1 atom stereocenters. The van der Waals surface area contributed by atoms with Crippen LogP contribution in [0.15, 0.2) is 23.1 Å². The zero-order valence-electron chi connectivity index (χ0n) is 15.1. The van der Waals surface area contributed by atoms with Crippen LogP contribution in [0, 0.1) is 5.82 Å². The Morgan fingerprint density at radius 1 is 1.24 bits per heavy atom. The van der Waals surface area contributed by atoms with Crippen LogP contribution in [0.2, 0.25) is 0 Å². The van der Waals surface area contributed by atoms with Crippen molar-refractivity contribution < 1.29 is 27.1 Å². The van der Waals surface area contributed by atoms with Gasteiger partial charge in [-0.25, -0.2) is 21.9 Å². The minimum Gasteiger partial charge on any atom is -0.449 e. The molecule has 1 aromatic carbocycles. The zero-order valence-corrected chi connectivity index (χ0v) is 15.9. The molecule has 0 aliphatic carbocycles. The van der Waals surface area contributed by atoms with E-state index < -0.39 is 44.9 Å². The maximum absolute atomic E-state index is 13.9. The second-order valence-corrected chi connectivity index (χ2v) is 8.87. The van der Waals surface area contributed by atoms with E-state index in [2.05, 4.69) is 5.32 Å². The molecule has 140 valence electrons. The number of esters is 1. The maximum Gasteiger partial charge on any atom is 0.341 e. The lowest BCUT2D eigenvalue weighted by atomic mass is 10.1. The zero-order chi connectivity index (χ0) is 19.6. The number of nitrogens with zero attached hydrogens (tertiary/aromatic N) is 1. The number of nitrogens with one attached hydrogen (secondary N) is 1. The lowest BCUT2D eigenvalue weighted by molar-refractivity contribution is -0.130.